The molecule has 0 aliphatic heterocycles. The molecule has 2 aromatic rings. The van der Waals surface area contributed by atoms with Crippen molar-refractivity contribution >= 4 is 15.9 Å². The minimum Gasteiger partial charge on any atom is -0.466 e. The first kappa shape index (κ1) is 12.4. The van der Waals surface area contributed by atoms with E-state index in [1.165, 1.54) is 11.1 Å². The lowest BCUT2D eigenvalue weighted by Gasteiger charge is -2.16. The molecular formula is C14H16BrNO. The minimum absolute atomic E-state index is 0.102. The van der Waals surface area contributed by atoms with Crippen molar-refractivity contribution in [2.45, 2.75) is 19.9 Å². The van der Waals surface area contributed by atoms with Gasteiger partial charge in [-0.3, -0.25) is 0 Å². The van der Waals surface area contributed by atoms with Crippen molar-refractivity contribution in [1.82, 2.24) is 5.32 Å². The molecule has 1 heterocycles. The van der Waals surface area contributed by atoms with Gasteiger partial charge >= 0.3 is 0 Å². The van der Waals surface area contributed by atoms with Crippen LogP contribution in [0.25, 0.3) is 0 Å². The molecule has 0 radical (unpaired) electrons. The quantitative estimate of drug-likeness (QED) is 0.920. The highest BCUT2D eigenvalue weighted by Gasteiger charge is 2.18. The number of halogens is 1. The van der Waals surface area contributed by atoms with Gasteiger partial charge in [0.05, 0.1) is 16.8 Å². The normalized spacial score (nSPS) is 12.6. The Labute approximate surface area is 110 Å². The molecule has 2 nitrogen and oxygen atoms in total. The number of hydrogen-bond acceptors (Lipinski definition) is 2. The number of furan rings is 1. The van der Waals surface area contributed by atoms with E-state index in [-0.39, 0.29) is 6.04 Å². The van der Waals surface area contributed by atoms with E-state index in [1.807, 2.05) is 6.07 Å². The van der Waals surface area contributed by atoms with Crippen molar-refractivity contribution in [2.24, 2.45) is 0 Å². The Morgan fingerprint density at radius 2 is 1.94 bits per heavy atom. The molecule has 17 heavy (non-hydrogen) atoms. The predicted octanol–water partition coefficient (Wildman–Crippen LogP) is 4.05. The second-order valence-corrected chi connectivity index (χ2v) is 4.89. The summed E-state index contributed by atoms with van der Waals surface area (Å²) in [5, 5.41) is 3.44. The van der Waals surface area contributed by atoms with Crippen molar-refractivity contribution in [3.63, 3.8) is 0 Å². The third kappa shape index (κ3) is 2.79. The van der Waals surface area contributed by atoms with Crippen molar-refractivity contribution < 1.29 is 4.42 Å². The highest BCUT2D eigenvalue weighted by atomic mass is 79.9. The second-order valence-electron chi connectivity index (χ2n) is 4.03. The maximum absolute atomic E-state index is 5.55. The molecule has 0 fully saturated rings. The van der Waals surface area contributed by atoms with Crippen molar-refractivity contribution in [1.29, 1.82) is 0 Å². The summed E-state index contributed by atoms with van der Waals surface area (Å²) < 4.78 is 6.56. The van der Waals surface area contributed by atoms with Crippen LogP contribution in [0.2, 0.25) is 0 Å². The maximum Gasteiger partial charge on any atom is 0.139 e. The Balaban J connectivity index is 2.35. The number of benzene rings is 1. The summed E-state index contributed by atoms with van der Waals surface area (Å²) >= 11 is 3.51. The SMILES string of the molecule is CCNC(c1ccc(C)cc1)c1occc1Br. The molecular weight excluding hydrogens is 278 g/mol. The lowest BCUT2D eigenvalue weighted by molar-refractivity contribution is 0.450. The molecule has 0 bridgehead atoms. The maximum atomic E-state index is 5.55. The Hall–Kier alpha value is -1.06. The average Bonchev–Trinajstić information content (AvgIpc) is 2.74. The van der Waals surface area contributed by atoms with E-state index < -0.39 is 0 Å². The highest BCUT2D eigenvalue weighted by Crippen LogP contribution is 2.29. The summed E-state index contributed by atoms with van der Waals surface area (Å²) in [5.74, 6) is 0.927. The first-order valence-electron chi connectivity index (χ1n) is 5.75. The summed E-state index contributed by atoms with van der Waals surface area (Å²) in [5.41, 5.74) is 2.48. The fraction of sp³-hybridized carbons (Fsp3) is 0.286. The van der Waals surface area contributed by atoms with Gasteiger partial charge in [-0.25, -0.2) is 0 Å². The van der Waals surface area contributed by atoms with Gasteiger partial charge in [0.1, 0.15) is 5.76 Å². The van der Waals surface area contributed by atoms with Crippen LogP contribution >= 0.6 is 15.9 Å². The molecule has 3 heteroatoms. The Morgan fingerprint density at radius 1 is 1.24 bits per heavy atom. The smallest absolute Gasteiger partial charge is 0.139 e. The predicted molar refractivity (Wildman–Crippen MR) is 73.1 cm³/mol. The molecule has 90 valence electrons. The van der Waals surface area contributed by atoms with Gasteiger partial charge in [0.2, 0.25) is 0 Å². The zero-order valence-corrected chi connectivity index (χ0v) is 11.6. The third-order valence-corrected chi connectivity index (χ3v) is 3.38. The van der Waals surface area contributed by atoms with Crippen molar-refractivity contribution in [3.05, 3.63) is 58.0 Å². The zero-order valence-electron chi connectivity index (χ0n) is 10.0. The van der Waals surface area contributed by atoms with Crippen molar-refractivity contribution in [3.8, 4) is 0 Å². The van der Waals surface area contributed by atoms with E-state index in [2.05, 4.69) is 59.4 Å². The van der Waals surface area contributed by atoms with E-state index in [1.54, 1.807) is 6.26 Å². The molecule has 0 aliphatic rings. The summed E-state index contributed by atoms with van der Waals surface area (Å²) in [6.07, 6.45) is 1.71. The van der Waals surface area contributed by atoms with Crippen LogP contribution < -0.4 is 5.32 Å². The van der Waals surface area contributed by atoms with E-state index in [0.29, 0.717) is 0 Å². The molecule has 1 atom stereocenters. The summed E-state index contributed by atoms with van der Waals surface area (Å²) in [7, 11) is 0. The number of aryl methyl sites for hydroxylation is 1. The monoisotopic (exact) mass is 293 g/mol. The first-order valence-corrected chi connectivity index (χ1v) is 6.54. The molecule has 1 unspecified atom stereocenters. The van der Waals surface area contributed by atoms with E-state index in [0.717, 1.165) is 16.8 Å². The van der Waals surface area contributed by atoms with Gasteiger partial charge in [-0.15, -0.1) is 0 Å². The van der Waals surface area contributed by atoms with Crippen LogP contribution in [0.1, 0.15) is 29.9 Å². The van der Waals surface area contributed by atoms with Crippen LogP contribution in [-0.2, 0) is 0 Å². The minimum atomic E-state index is 0.102. The number of nitrogens with one attached hydrogen (secondary N) is 1. The van der Waals surface area contributed by atoms with E-state index in [4.69, 9.17) is 4.42 Å². The Morgan fingerprint density at radius 3 is 2.47 bits per heavy atom. The molecule has 0 saturated carbocycles. The molecule has 2 rings (SSSR count). The van der Waals surface area contributed by atoms with Gasteiger partial charge in [0.15, 0.2) is 0 Å². The number of rotatable bonds is 4. The Kier molecular flexibility index (Phi) is 4.02. The van der Waals surface area contributed by atoms with Crippen LogP contribution in [0.15, 0.2) is 45.5 Å². The topological polar surface area (TPSA) is 25.2 Å². The first-order chi connectivity index (χ1) is 8.22. The highest BCUT2D eigenvalue weighted by molar-refractivity contribution is 9.10. The largest absolute Gasteiger partial charge is 0.466 e. The standard InChI is InChI=1S/C14H16BrNO/c1-3-16-13(14-12(15)8-9-17-14)11-6-4-10(2)5-7-11/h4-9,13,16H,3H2,1-2H3. The van der Waals surface area contributed by atoms with Crippen LogP contribution in [0.3, 0.4) is 0 Å². The fourth-order valence-electron chi connectivity index (χ4n) is 1.84. The van der Waals surface area contributed by atoms with Gasteiger partial charge < -0.3 is 9.73 Å². The van der Waals surface area contributed by atoms with Crippen LogP contribution in [0.4, 0.5) is 0 Å². The number of hydrogen-bond donors (Lipinski definition) is 1. The van der Waals surface area contributed by atoms with Gasteiger partial charge in [0.25, 0.3) is 0 Å². The lowest BCUT2D eigenvalue weighted by atomic mass is 10.0. The van der Waals surface area contributed by atoms with Crippen LogP contribution in [0.5, 0.6) is 0 Å². The fourth-order valence-corrected chi connectivity index (χ4v) is 2.27. The van der Waals surface area contributed by atoms with Gasteiger partial charge in [-0.05, 0) is 41.0 Å². The Bertz CT molecular complexity index is 475. The third-order valence-electron chi connectivity index (χ3n) is 2.73. The lowest BCUT2D eigenvalue weighted by Crippen LogP contribution is -2.21. The zero-order chi connectivity index (χ0) is 12.3. The van der Waals surface area contributed by atoms with Crippen molar-refractivity contribution in [2.75, 3.05) is 6.54 Å². The molecule has 1 aromatic heterocycles. The molecule has 0 spiro atoms. The summed E-state index contributed by atoms with van der Waals surface area (Å²) in [6, 6.07) is 10.5. The van der Waals surface area contributed by atoms with Gasteiger partial charge in [-0.2, -0.15) is 0 Å². The second kappa shape index (κ2) is 5.52. The molecule has 1 N–H and O–H groups in total. The molecule has 0 aliphatic carbocycles. The van der Waals surface area contributed by atoms with E-state index >= 15 is 0 Å². The van der Waals surface area contributed by atoms with Gasteiger partial charge in [-0.1, -0.05) is 36.8 Å². The molecule has 0 amide bonds. The summed E-state index contributed by atoms with van der Waals surface area (Å²) in [4.78, 5) is 0. The van der Waals surface area contributed by atoms with Crippen LogP contribution in [0, 0.1) is 6.92 Å². The van der Waals surface area contributed by atoms with E-state index in [9.17, 15) is 0 Å². The van der Waals surface area contributed by atoms with Gasteiger partial charge in [0, 0.05) is 0 Å². The molecule has 1 aromatic carbocycles. The average molecular weight is 294 g/mol. The summed E-state index contributed by atoms with van der Waals surface area (Å²) in [6.45, 7) is 5.08. The van der Waals surface area contributed by atoms with Crippen LogP contribution in [-0.4, -0.2) is 6.54 Å². The molecule has 0 saturated heterocycles.